The number of azo groups is 1. The predicted octanol–water partition coefficient (Wildman–Crippen LogP) is 3.41. The summed E-state index contributed by atoms with van der Waals surface area (Å²) >= 11 is 0. The van der Waals surface area contributed by atoms with Crippen molar-refractivity contribution in [2.45, 2.75) is 30.3 Å². The number of carbonyl (C=O) groups excluding carboxylic acids is 2. The highest BCUT2D eigenvalue weighted by Gasteiger charge is 2.38. The molecule has 2 aromatic carbocycles. The Morgan fingerprint density at radius 2 is 1.38 bits per heavy atom. The summed E-state index contributed by atoms with van der Waals surface area (Å²) in [5.74, 6) is -2.47. The van der Waals surface area contributed by atoms with Gasteiger partial charge in [0.2, 0.25) is 15.9 Å². The Morgan fingerprint density at radius 3 is 1.92 bits per heavy atom. The van der Waals surface area contributed by atoms with Gasteiger partial charge in [-0.15, -0.1) is 0 Å². The Balaban J connectivity index is 1.70. The van der Waals surface area contributed by atoms with Crippen LogP contribution < -0.4 is 20.3 Å². The molecule has 0 bridgehead atoms. The minimum atomic E-state index is -4.96. The van der Waals surface area contributed by atoms with E-state index >= 15 is 0 Å². The van der Waals surface area contributed by atoms with Gasteiger partial charge >= 0.3 is 12.1 Å². The molecule has 2 aromatic rings. The first-order valence-corrected chi connectivity index (χ1v) is 12.8. The number of alkyl halides is 3. The summed E-state index contributed by atoms with van der Waals surface area (Å²) in [4.78, 5) is 24.3. The van der Waals surface area contributed by atoms with E-state index < -0.39 is 28.0 Å². The van der Waals surface area contributed by atoms with Crippen LogP contribution in [0.4, 0.5) is 30.2 Å². The third kappa shape index (κ3) is 10.6. The maximum atomic E-state index is 12.4. The Morgan fingerprint density at radius 1 is 0.838 bits per heavy atom. The SMILES string of the molecule is CN(C)c1ccc(N=Nc2ccc(S(=O)(=O)NCCCNC(=O)CCCNC(=O)C(F)(F)F)cc2)cc1. The maximum Gasteiger partial charge on any atom is 0.471 e. The lowest BCUT2D eigenvalue weighted by atomic mass is 10.3. The standard InChI is InChI=1S/C23H29F3N6O4S/c1-32(2)19-10-6-17(7-11-19)30-31-18-8-12-20(13-9-18)37(35,36)29-16-4-15-27-21(33)5-3-14-28-22(34)23(24,25)26/h6-13,29H,3-5,14-16H2,1-2H3,(H,27,33)(H,28,34). The molecule has 0 spiro atoms. The average Bonchev–Trinajstić information content (AvgIpc) is 2.85. The predicted molar refractivity (Wildman–Crippen MR) is 133 cm³/mol. The van der Waals surface area contributed by atoms with E-state index in [4.69, 9.17) is 0 Å². The van der Waals surface area contributed by atoms with Crippen LogP contribution in [0.2, 0.25) is 0 Å². The largest absolute Gasteiger partial charge is 0.471 e. The van der Waals surface area contributed by atoms with Crippen molar-refractivity contribution in [2.24, 2.45) is 10.2 Å². The Bertz CT molecular complexity index is 1170. The summed E-state index contributed by atoms with van der Waals surface area (Å²) in [6, 6.07) is 13.3. The minimum absolute atomic E-state index is 0.0403. The molecule has 37 heavy (non-hydrogen) atoms. The Labute approximate surface area is 213 Å². The molecule has 0 saturated heterocycles. The molecule has 2 rings (SSSR count). The molecule has 14 heteroatoms. The van der Waals surface area contributed by atoms with E-state index in [0.717, 1.165) is 5.69 Å². The molecule has 0 saturated carbocycles. The first-order chi connectivity index (χ1) is 17.4. The van der Waals surface area contributed by atoms with Crippen molar-refractivity contribution in [2.75, 3.05) is 38.6 Å². The number of rotatable bonds is 13. The van der Waals surface area contributed by atoms with Gasteiger partial charge in [-0.05, 0) is 61.4 Å². The van der Waals surface area contributed by atoms with E-state index in [-0.39, 0.29) is 37.4 Å². The highest BCUT2D eigenvalue weighted by Crippen LogP contribution is 2.22. The van der Waals surface area contributed by atoms with Gasteiger partial charge in [-0.3, -0.25) is 9.59 Å². The number of halogens is 3. The number of benzene rings is 2. The average molecular weight is 543 g/mol. The highest BCUT2D eigenvalue weighted by atomic mass is 32.2. The zero-order chi connectivity index (χ0) is 27.5. The van der Waals surface area contributed by atoms with Crippen molar-refractivity contribution in [1.29, 1.82) is 0 Å². The Kier molecular flexibility index (Phi) is 11.0. The van der Waals surface area contributed by atoms with Crippen molar-refractivity contribution in [3.63, 3.8) is 0 Å². The third-order valence-electron chi connectivity index (χ3n) is 4.89. The van der Waals surface area contributed by atoms with E-state index in [0.29, 0.717) is 17.8 Å². The number of anilines is 1. The van der Waals surface area contributed by atoms with Gasteiger partial charge in [0, 0.05) is 45.8 Å². The molecule has 0 radical (unpaired) electrons. The summed E-state index contributed by atoms with van der Waals surface area (Å²) in [5.41, 5.74) is 2.17. The molecule has 10 nitrogen and oxygen atoms in total. The van der Waals surface area contributed by atoms with Gasteiger partial charge in [0.25, 0.3) is 0 Å². The topological polar surface area (TPSA) is 132 Å². The third-order valence-corrected chi connectivity index (χ3v) is 6.36. The van der Waals surface area contributed by atoms with Crippen molar-refractivity contribution in [3.8, 4) is 0 Å². The van der Waals surface area contributed by atoms with Gasteiger partial charge in [-0.2, -0.15) is 23.4 Å². The van der Waals surface area contributed by atoms with Crippen LogP contribution in [0.5, 0.6) is 0 Å². The normalized spacial score (nSPS) is 11.9. The van der Waals surface area contributed by atoms with Crippen molar-refractivity contribution in [1.82, 2.24) is 15.4 Å². The maximum absolute atomic E-state index is 12.4. The van der Waals surface area contributed by atoms with Crippen LogP contribution in [0.1, 0.15) is 19.3 Å². The van der Waals surface area contributed by atoms with Gasteiger partial charge in [-0.1, -0.05) is 0 Å². The highest BCUT2D eigenvalue weighted by molar-refractivity contribution is 7.89. The molecule has 0 aliphatic heterocycles. The summed E-state index contributed by atoms with van der Waals surface area (Å²) in [5, 5.41) is 12.5. The number of hydrogen-bond donors (Lipinski definition) is 3. The molecule has 0 unspecified atom stereocenters. The lowest BCUT2D eigenvalue weighted by molar-refractivity contribution is -0.173. The fraction of sp³-hybridized carbons (Fsp3) is 0.391. The van der Waals surface area contributed by atoms with E-state index in [9.17, 15) is 31.2 Å². The van der Waals surface area contributed by atoms with Gasteiger partial charge in [-0.25, -0.2) is 13.1 Å². The van der Waals surface area contributed by atoms with E-state index in [1.807, 2.05) is 43.3 Å². The zero-order valence-electron chi connectivity index (χ0n) is 20.4. The molecule has 0 aliphatic rings. The van der Waals surface area contributed by atoms with E-state index in [1.54, 1.807) is 5.32 Å². The van der Waals surface area contributed by atoms with Gasteiger partial charge in [0.05, 0.1) is 16.3 Å². The molecule has 0 atom stereocenters. The molecule has 0 aliphatic carbocycles. The smallest absolute Gasteiger partial charge is 0.378 e. The number of carbonyl (C=O) groups is 2. The van der Waals surface area contributed by atoms with Crippen molar-refractivity contribution >= 4 is 38.9 Å². The first kappa shape index (κ1) is 29.7. The molecular formula is C23H29F3N6O4S. The minimum Gasteiger partial charge on any atom is -0.378 e. The van der Waals surface area contributed by atoms with Crippen LogP contribution in [-0.4, -0.2) is 60.1 Å². The van der Waals surface area contributed by atoms with Crippen LogP contribution in [-0.2, 0) is 19.6 Å². The zero-order valence-corrected chi connectivity index (χ0v) is 21.2. The fourth-order valence-electron chi connectivity index (χ4n) is 2.87. The molecule has 202 valence electrons. The molecule has 3 N–H and O–H groups in total. The van der Waals surface area contributed by atoms with Crippen LogP contribution in [0.25, 0.3) is 0 Å². The Hall–Kier alpha value is -3.52. The second kappa shape index (κ2) is 13.7. The number of amides is 2. The van der Waals surface area contributed by atoms with Crippen LogP contribution in [0.3, 0.4) is 0 Å². The van der Waals surface area contributed by atoms with Crippen LogP contribution >= 0.6 is 0 Å². The number of nitrogens with zero attached hydrogens (tertiary/aromatic N) is 3. The molecular weight excluding hydrogens is 513 g/mol. The monoisotopic (exact) mass is 542 g/mol. The molecule has 0 fully saturated rings. The second-order valence-corrected chi connectivity index (χ2v) is 9.83. The number of nitrogens with one attached hydrogen (secondary N) is 3. The summed E-state index contributed by atoms with van der Waals surface area (Å²) in [6.07, 6.45) is -4.69. The molecule has 0 aromatic heterocycles. The lowest BCUT2D eigenvalue weighted by Gasteiger charge is -2.11. The van der Waals surface area contributed by atoms with E-state index in [1.165, 1.54) is 24.3 Å². The summed E-state index contributed by atoms with van der Waals surface area (Å²) in [6.45, 7) is -0.0463. The van der Waals surface area contributed by atoms with Crippen LogP contribution in [0.15, 0.2) is 63.7 Å². The summed E-state index contributed by atoms with van der Waals surface area (Å²) < 4.78 is 63.5. The molecule has 0 heterocycles. The second-order valence-electron chi connectivity index (χ2n) is 8.06. The van der Waals surface area contributed by atoms with Gasteiger partial charge in [0.15, 0.2) is 0 Å². The number of sulfonamides is 1. The molecule has 2 amide bonds. The van der Waals surface area contributed by atoms with Gasteiger partial charge < -0.3 is 15.5 Å². The number of hydrogen-bond acceptors (Lipinski definition) is 7. The summed E-state index contributed by atoms with van der Waals surface area (Å²) in [7, 11) is 0.0966. The van der Waals surface area contributed by atoms with Crippen LogP contribution in [0, 0.1) is 0 Å². The quantitative estimate of drug-likeness (QED) is 0.264. The first-order valence-electron chi connectivity index (χ1n) is 11.3. The fourth-order valence-corrected chi connectivity index (χ4v) is 3.94. The van der Waals surface area contributed by atoms with Gasteiger partial charge in [0.1, 0.15) is 0 Å². The van der Waals surface area contributed by atoms with Crippen molar-refractivity contribution < 1.29 is 31.2 Å². The lowest BCUT2D eigenvalue weighted by Crippen LogP contribution is -2.37. The van der Waals surface area contributed by atoms with Crippen molar-refractivity contribution in [3.05, 3.63) is 48.5 Å². The van der Waals surface area contributed by atoms with E-state index in [2.05, 4.69) is 20.3 Å².